The summed E-state index contributed by atoms with van der Waals surface area (Å²) in [5.74, 6) is 0.759. The van der Waals surface area contributed by atoms with Gasteiger partial charge in [-0.3, -0.25) is 9.59 Å². The fraction of sp³-hybridized carbons (Fsp3) is 0.867. The molecule has 1 saturated carbocycles. The maximum Gasteiger partial charge on any atom is 0.239 e. The van der Waals surface area contributed by atoms with E-state index in [1.807, 2.05) is 13.8 Å². The number of nitrogens with two attached hydrogens (primary N) is 1. The predicted octanol–water partition coefficient (Wildman–Crippen LogP) is 1.12. The zero-order valence-electron chi connectivity index (χ0n) is 13.0. The molecule has 1 aliphatic carbocycles. The minimum absolute atomic E-state index is 0.0452. The topological polar surface area (TPSA) is 75.4 Å². The molecule has 20 heavy (non-hydrogen) atoms. The van der Waals surface area contributed by atoms with E-state index in [2.05, 4.69) is 5.32 Å². The van der Waals surface area contributed by atoms with Gasteiger partial charge in [-0.1, -0.05) is 20.3 Å². The molecule has 0 spiro atoms. The first-order chi connectivity index (χ1) is 9.38. The fourth-order valence-corrected chi connectivity index (χ4v) is 2.60. The van der Waals surface area contributed by atoms with Crippen LogP contribution in [0, 0.1) is 11.8 Å². The highest BCUT2D eigenvalue weighted by atomic mass is 16.2. The molecule has 0 saturated heterocycles. The average Bonchev–Trinajstić information content (AvgIpc) is 2.36. The molecule has 0 aliphatic heterocycles. The van der Waals surface area contributed by atoms with Crippen molar-refractivity contribution in [2.75, 3.05) is 20.1 Å². The summed E-state index contributed by atoms with van der Waals surface area (Å²) in [6.07, 6.45) is 4.70. The van der Waals surface area contributed by atoms with Gasteiger partial charge in [0.15, 0.2) is 0 Å². The minimum atomic E-state index is -0.0881. The molecule has 0 aromatic heterocycles. The third-order valence-corrected chi connectivity index (χ3v) is 3.80. The van der Waals surface area contributed by atoms with E-state index in [0.29, 0.717) is 24.8 Å². The number of amides is 2. The number of likely N-dealkylation sites (N-methyl/N-ethyl adjacent to an activating group) is 1. The molecule has 1 aliphatic rings. The van der Waals surface area contributed by atoms with E-state index in [0.717, 1.165) is 25.7 Å². The summed E-state index contributed by atoms with van der Waals surface area (Å²) in [6.45, 7) is 4.88. The van der Waals surface area contributed by atoms with Gasteiger partial charge in [0.05, 0.1) is 6.54 Å². The molecular formula is C15H29N3O2. The van der Waals surface area contributed by atoms with Crippen LogP contribution in [0.4, 0.5) is 0 Å². The number of carbonyl (C=O) groups is 2. The highest BCUT2D eigenvalue weighted by molar-refractivity contribution is 5.84. The van der Waals surface area contributed by atoms with E-state index in [1.165, 1.54) is 4.90 Å². The van der Waals surface area contributed by atoms with E-state index in [9.17, 15) is 9.59 Å². The number of hydrogen-bond donors (Lipinski definition) is 2. The summed E-state index contributed by atoms with van der Waals surface area (Å²) in [4.78, 5) is 25.3. The Morgan fingerprint density at radius 2 is 2.05 bits per heavy atom. The van der Waals surface area contributed by atoms with Crippen LogP contribution in [0.25, 0.3) is 0 Å². The monoisotopic (exact) mass is 283 g/mol. The summed E-state index contributed by atoms with van der Waals surface area (Å²) in [6, 6.07) is 0.237. The zero-order valence-corrected chi connectivity index (χ0v) is 13.0. The molecule has 1 rings (SSSR count). The lowest BCUT2D eigenvalue weighted by Crippen LogP contribution is -2.40. The van der Waals surface area contributed by atoms with Crippen LogP contribution in [-0.2, 0) is 9.59 Å². The number of nitrogens with zero attached hydrogens (tertiary/aromatic N) is 1. The van der Waals surface area contributed by atoms with Gasteiger partial charge >= 0.3 is 0 Å². The molecule has 0 radical (unpaired) electrons. The lowest BCUT2D eigenvalue weighted by molar-refractivity contribution is -0.135. The highest BCUT2D eigenvalue weighted by Gasteiger charge is 2.23. The van der Waals surface area contributed by atoms with Crippen molar-refractivity contribution in [3.63, 3.8) is 0 Å². The zero-order chi connectivity index (χ0) is 15.1. The Balaban J connectivity index is 2.29. The third-order valence-electron chi connectivity index (χ3n) is 3.80. The van der Waals surface area contributed by atoms with Crippen LogP contribution >= 0.6 is 0 Å². The second-order valence-electron chi connectivity index (χ2n) is 6.44. The number of rotatable bonds is 6. The Morgan fingerprint density at radius 3 is 2.65 bits per heavy atom. The van der Waals surface area contributed by atoms with E-state index in [4.69, 9.17) is 5.73 Å². The normalized spacial score (nSPS) is 22.6. The number of nitrogens with one attached hydrogen (secondary N) is 1. The Morgan fingerprint density at radius 1 is 1.35 bits per heavy atom. The first-order valence-electron chi connectivity index (χ1n) is 7.64. The highest BCUT2D eigenvalue weighted by Crippen LogP contribution is 2.26. The summed E-state index contributed by atoms with van der Waals surface area (Å²) in [5.41, 5.74) is 5.94. The van der Waals surface area contributed by atoms with Crippen molar-refractivity contribution in [3.05, 3.63) is 0 Å². The molecule has 2 unspecified atom stereocenters. The van der Waals surface area contributed by atoms with E-state index >= 15 is 0 Å². The minimum Gasteiger partial charge on any atom is -0.354 e. The van der Waals surface area contributed by atoms with Gasteiger partial charge in [-0.2, -0.15) is 0 Å². The lowest BCUT2D eigenvalue weighted by Gasteiger charge is -2.27. The maximum absolute atomic E-state index is 12.1. The molecule has 5 heteroatoms. The van der Waals surface area contributed by atoms with Gasteiger partial charge in [-0.15, -0.1) is 0 Å². The summed E-state index contributed by atoms with van der Waals surface area (Å²) >= 11 is 0. The van der Waals surface area contributed by atoms with Gasteiger partial charge < -0.3 is 16.0 Å². The maximum atomic E-state index is 12.1. The molecule has 2 amide bonds. The Bertz CT molecular complexity index is 331. The summed E-state index contributed by atoms with van der Waals surface area (Å²) in [5, 5.41) is 2.83. The SMILES string of the molecule is CC(C)CNC(=O)CN(C)C(=O)CC1CCCC(N)C1. The molecule has 5 nitrogen and oxygen atoms in total. The van der Waals surface area contributed by atoms with Crippen LogP contribution in [0.5, 0.6) is 0 Å². The van der Waals surface area contributed by atoms with E-state index < -0.39 is 0 Å². The molecule has 3 N–H and O–H groups in total. The van der Waals surface area contributed by atoms with Gasteiger partial charge in [-0.25, -0.2) is 0 Å². The van der Waals surface area contributed by atoms with Crippen LogP contribution < -0.4 is 11.1 Å². The lowest BCUT2D eigenvalue weighted by atomic mass is 9.84. The smallest absolute Gasteiger partial charge is 0.239 e. The molecule has 116 valence electrons. The molecule has 0 bridgehead atoms. The second kappa shape index (κ2) is 8.25. The van der Waals surface area contributed by atoms with Crippen molar-refractivity contribution >= 4 is 11.8 Å². The third kappa shape index (κ3) is 6.37. The van der Waals surface area contributed by atoms with Crippen molar-refractivity contribution in [2.45, 2.75) is 52.0 Å². The van der Waals surface area contributed by atoms with Crippen LogP contribution in [0.3, 0.4) is 0 Å². The molecule has 2 atom stereocenters. The molecular weight excluding hydrogens is 254 g/mol. The molecule has 0 heterocycles. The summed E-state index contributed by atoms with van der Waals surface area (Å²) < 4.78 is 0. The van der Waals surface area contributed by atoms with Crippen LogP contribution in [0.15, 0.2) is 0 Å². The van der Waals surface area contributed by atoms with Crippen molar-refractivity contribution in [3.8, 4) is 0 Å². The van der Waals surface area contributed by atoms with Gasteiger partial charge in [-0.05, 0) is 31.1 Å². The van der Waals surface area contributed by atoms with Crippen LogP contribution in [-0.4, -0.2) is 42.9 Å². The van der Waals surface area contributed by atoms with Gasteiger partial charge in [0.2, 0.25) is 11.8 Å². The Hall–Kier alpha value is -1.10. The number of carbonyl (C=O) groups excluding carboxylic acids is 2. The molecule has 1 fully saturated rings. The average molecular weight is 283 g/mol. The van der Waals surface area contributed by atoms with Gasteiger partial charge in [0.25, 0.3) is 0 Å². The van der Waals surface area contributed by atoms with Crippen molar-refractivity contribution in [1.82, 2.24) is 10.2 Å². The second-order valence-corrected chi connectivity index (χ2v) is 6.44. The quantitative estimate of drug-likeness (QED) is 0.767. The van der Waals surface area contributed by atoms with E-state index in [1.54, 1.807) is 7.05 Å². The summed E-state index contributed by atoms with van der Waals surface area (Å²) in [7, 11) is 1.69. The van der Waals surface area contributed by atoms with Gasteiger partial charge in [0.1, 0.15) is 0 Å². The largest absolute Gasteiger partial charge is 0.354 e. The van der Waals surface area contributed by atoms with Crippen molar-refractivity contribution < 1.29 is 9.59 Å². The van der Waals surface area contributed by atoms with Gasteiger partial charge in [0, 0.05) is 26.1 Å². The van der Waals surface area contributed by atoms with Crippen molar-refractivity contribution in [2.24, 2.45) is 17.6 Å². The Labute approximate surface area is 122 Å². The standard InChI is InChI=1S/C15H29N3O2/c1-11(2)9-17-14(19)10-18(3)15(20)8-12-5-4-6-13(16)7-12/h11-13H,4-10,16H2,1-3H3,(H,17,19). The van der Waals surface area contributed by atoms with E-state index in [-0.39, 0.29) is 24.4 Å². The van der Waals surface area contributed by atoms with Crippen molar-refractivity contribution in [1.29, 1.82) is 0 Å². The predicted molar refractivity (Wildman–Crippen MR) is 80.0 cm³/mol. The van der Waals surface area contributed by atoms with Crippen LogP contribution in [0.1, 0.15) is 46.0 Å². The molecule has 0 aromatic carbocycles. The Kier molecular flexibility index (Phi) is 6.99. The van der Waals surface area contributed by atoms with Crippen LogP contribution in [0.2, 0.25) is 0 Å². The number of hydrogen-bond acceptors (Lipinski definition) is 3. The first kappa shape index (κ1) is 17.0. The fourth-order valence-electron chi connectivity index (χ4n) is 2.60. The first-order valence-corrected chi connectivity index (χ1v) is 7.64. The molecule has 0 aromatic rings.